The summed E-state index contributed by atoms with van der Waals surface area (Å²) in [5.41, 5.74) is 3.58. The first-order valence-corrected chi connectivity index (χ1v) is 17.8. The Bertz CT molecular complexity index is 1420. The molecule has 2 aromatic carbocycles. The number of benzene rings is 2. The van der Waals surface area contributed by atoms with Gasteiger partial charge >= 0.3 is 5.97 Å². The number of nitrogens with zero attached hydrogens (tertiary/aromatic N) is 2. The van der Waals surface area contributed by atoms with Gasteiger partial charge in [-0.25, -0.2) is 0 Å². The third-order valence-electron chi connectivity index (χ3n) is 11.0. The summed E-state index contributed by atoms with van der Waals surface area (Å²) < 4.78 is 12.7. The van der Waals surface area contributed by atoms with E-state index in [9.17, 15) is 14.4 Å². The lowest BCUT2D eigenvalue weighted by Crippen LogP contribution is -2.69. The normalized spacial score (nSPS) is 25.9. The van der Waals surface area contributed by atoms with Gasteiger partial charge < -0.3 is 14.4 Å². The van der Waals surface area contributed by atoms with E-state index in [2.05, 4.69) is 60.0 Å². The van der Waals surface area contributed by atoms with Crippen LogP contribution < -0.4 is 9.47 Å². The molecule has 46 heavy (non-hydrogen) atoms. The second-order valence-electron chi connectivity index (χ2n) is 14.7. The van der Waals surface area contributed by atoms with Crippen LogP contribution in [0.25, 0.3) is 0 Å². The van der Waals surface area contributed by atoms with Crippen LogP contribution >= 0.6 is 0 Å². The third-order valence-corrected chi connectivity index (χ3v) is 11.0. The highest BCUT2D eigenvalue weighted by atomic mass is 16.6. The van der Waals surface area contributed by atoms with Gasteiger partial charge in [0.1, 0.15) is 11.9 Å². The lowest BCUT2D eigenvalue weighted by molar-refractivity contribution is -0.144. The Balaban J connectivity index is 1.20. The standard InChI is InChI=1S/C39H52N2O5/c1-26(2)24-41(35(44)16-12-7-5-6-9-13-29-14-10-8-11-15-29)32-19-18-31-33-23-30-17-20-34(45-28(4)43)37-36(30)39(31,38(32)46-37)21-22-40(33)25-27(3)42/h8,10-11,14-15,17,20,26,31-33,38H,5-7,9,12-13,16,18-19,21-25H2,1-4H3/t31-,32-,33+,38-,39-/m0/s1. The molecule has 5 atom stereocenters. The second-order valence-corrected chi connectivity index (χ2v) is 14.7. The molecule has 1 saturated heterocycles. The number of unbranched alkanes of at least 4 members (excludes halogenated alkanes) is 4. The molecule has 1 saturated carbocycles. The van der Waals surface area contributed by atoms with E-state index >= 15 is 0 Å². The SMILES string of the molecule is CC(=O)CN1CC[C@]23c4c5ccc(OC(C)=O)c4O[C@H]2[C@@H](N(CC(C)C)C(=O)CCCCCCCc2ccccc2)CC[C@H]3[C@H]1C5. The predicted molar refractivity (Wildman–Crippen MR) is 179 cm³/mol. The Morgan fingerprint density at radius 3 is 2.50 bits per heavy atom. The summed E-state index contributed by atoms with van der Waals surface area (Å²) in [6.45, 7) is 9.51. The maximum Gasteiger partial charge on any atom is 0.308 e. The lowest BCUT2D eigenvalue weighted by atomic mass is 9.51. The van der Waals surface area contributed by atoms with E-state index in [4.69, 9.17) is 9.47 Å². The molecule has 4 aliphatic rings. The molecular weight excluding hydrogens is 576 g/mol. The van der Waals surface area contributed by atoms with Gasteiger partial charge in [0.05, 0.1) is 12.6 Å². The van der Waals surface area contributed by atoms with E-state index in [1.54, 1.807) is 6.92 Å². The number of esters is 1. The highest BCUT2D eigenvalue weighted by Gasteiger charge is 2.66. The van der Waals surface area contributed by atoms with Gasteiger partial charge in [0.25, 0.3) is 0 Å². The highest BCUT2D eigenvalue weighted by Crippen LogP contribution is 2.64. The van der Waals surface area contributed by atoms with E-state index in [-0.39, 0.29) is 41.3 Å². The maximum absolute atomic E-state index is 14.1. The number of ketones is 1. The van der Waals surface area contributed by atoms with Crippen molar-refractivity contribution < 1.29 is 23.9 Å². The zero-order valence-corrected chi connectivity index (χ0v) is 28.3. The zero-order valence-electron chi connectivity index (χ0n) is 28.3. The number of carbonyl (C=O) groups is 3. The Hall–Kier alpha value is -3.19. The topological polar surface area (TPSA) is 76.2 Å². The van der Waals surface area contributed by atoms with Crippen molar-refractivity contribution in [1.29, 1.82) is 0 Å². The summed E-state index contributed by atoms with van der Waals surface area (Å²) >= 11 is 0. The average Bonchev–Trinajstić information content (AvgIpc) is 3.37. The molecule has 7 nitrogen and oxygen atoms in total. The number of amides is 1. The number of hydrogen-bond donors (Lipinski definition) is 0. The summed E-state index contributed by atoms with van der Waals surface area (Å²) in [6.07, 6.45) is 10.6. The summed E-state index contributed by atoms with van der Waals surface area (Å²) in [4.78, 5) is 43.0. The maximum atomic E-state index is 14.1. The lowest BCUT2D eigenvalue weighted by Gasteiger charge is -2.60. The number of likely N-dealkylation sites (tertiary alicyclic amines) is 1. The van der Waals surface area contributed by atoms with Crippen LogP contribution in [0.4, 0.5) is 0 Å². The molecule has 1 amide bonds. The molecule has 0 N–H and O–H groups in total. The summed E-state index contributed by atoms with van der Waals surface area (Å²) in [6, 6.07) is 14.9. The van der Waals surface area contributed by atoms with Crippen LogP contribution in [0, 0.1) is 11.8 Å². The first-order valence-electron chi connectivity index (χ1n) is 17.8. The number of hydrogen-bond acceptors (Lipinski definition) is 6. The monoisotopic (exact) mass is 628 g/mol. The Morgan fingerprint density at radius 1 is 1.00 bits per heavy atom. The first-order chi connectivity index (χ1) is 22.2. The van der Waals surface area contributed by atoms with Crippen molar-refractivity contribution in [3.8, 4) is 11.5 Å². The molecule has 0 aromatic heterocycles. The van der Waals surface area contributed by atoms with Crippen LogP contribution in [0.15, 0.2) is 42.5 Å². The van der Waals surface area contributed by atoms with E-state index < -0.39 is 0 Å². The molecule has 2 aliphatic heterocycles. The number of rotatable bonds is 14. The minimum absolute atomic E-state index is 0.0412. The number of aryl methyl sites for hydroxylation is 1. The summed E-state index contributed by atoms with van der Waals surface area (Å²) in [5, 5.41) is 0. The van der Waals surface area contributed by atoms with Crippen molar-refractivity contribution in [2.75, 3.05) is 19.6 Å². The van der Waals surface area contributed by atoms with Crippen LogP contribution in [-0.4, -0.2) is 65.3 Å². The molecule has 2 bridgehead atoms. The largest absolute Gasteiger partial charge is 0.483 e. The van der Waals surface area contributed by atoms with Gasteiger partial charge in [-0.15, -0.1) is 0 Å². The van der Waals surface area contributed by atoms with Gasteiger partial charge in [0.15, 0.2) is 11.5 Å². The summed E-state index contributed by atoms with van der Waals surface area (Å²) in [7, 11) is 0. The van der Waals surface area contributed by atoms with Crippen molar-refractivity contribution >= 4 is 17.7 Å². The predicted octanol–water partition coefficient (Wildman–Crippen LogP) is 6.68. The van der Waals surface area contributed by atoms with Crippen LogP contribution in [0.1, 0.15) is 102 Å². The number of Topliss-reactive ketones (excluding diaryl/α,β-unsaturated/α-hetero) is 1. The number of carbonyl (C=O) groups excluding carboxylic acids is 3. The van der Waals surface area contributed by atoms with E-state index in [1.165, 1.54) is 36.5 Å². The smallest absolute Gasteiger partial charge is 0.308 e. The zero-order chi connectivity index (χ0) is 32.4. The average molecular weight is 629 g/mol. The van der Waals surface area contributed by atoms with Crippen LogP contribution in [0.2, 0.25) is 0 Å². The molecule has 0 radical (unpaired) electrons. The first kappa shape index (κ1) is 32.7. The van der Waals surface area contributed by atoms with Gasteiger partial charge in [0.2, 0.25) is 5.91 Å². The number of ether oxygens (including phenoxy) is 2. The van der Waals surface area contributed by atoms with Gasteiger partial charge in [-0.1, -0.05) is 69.5 Å². The van der Waals surface area contributed by atoms with E-state index in [1.807, 2.05) is 6.07 Å². The number of piperidine rings is 1. The molecular formula is C39H52N2O5. The van der Waals surface area contributed by atoms with Gasteiger partial charge in [-0.3, -0.25) is 19.3 Å². The molecule has 2 aliphatic carbocycles. The van der Waals surface area contributed by atoms with Crippen molar-refractivity contribution in [3.05, 3.63) is 59.2 Å². The van der Waals surface area contributed by atoms with Gasteiger partial charge in [-0.05, 0) is 87.4 Å². The molecule has 248 valence electrons. The quantitative estimate of drug-likeness (QED) is 0.132. The molecule has 1 spiro atoms. The van der Waals surface area contributed by atoms with Crippen molar-refractivity contribution in [2.45, 2.75) is 122 Å². The van der Waals surface area contributed by atoms with Crippen molar-refractivity contribution in [3.63, 3.8) is 0 Å². The van der Waals surface area contributed by atoms with Crippen LogP contribution in [0.3, 0.4) is 0 Å². The van der Waals surface area contributed by atoms with Gasteiger partial charge in [0, 0.05) is 36.9 Å². The van der Waals surface area contributed by atoms with E-state index in [0.717, 1.165) is 57.9 Å². The Morgan fingerprint density at radius 2 is 1.76 bits per heavy atom. The molecule has 0 unspecified atom stereocenters. The fraction of sp³-hybridized carbons (Fsp3) is 0.615. The second kappa shape index (κ2) is 13.9. The third kappa shape index (κ3) is 6.36. The van der Waals surface area contributed by atoms with Crippen molar-refractivity contribution in [1.82, 2.24) is 9.80 Å². The van der Waals surface area contributed by atoms with Gasteiger partial charge in [-0.2, -0.15) is 0 Å². The van der Waals surface area contributed by atoms with Crippen LogP contribution in [-0.2, 0) is 32.6 Å². The molecule has 2 fully saturated rings. The molecule has 2 aromatic rings. The fourth-order valence-electron chi connectivity index (χ4n) is 9.36. The Kier molecular flexibility index (Phi) is 9.88. The van der Waals surface area contributed by atoms with Crippen molar-refractivity contribution in [2.24, 2.45) is 11.8 Å². The summed E-state index contributed by atoms with van der Waals surface area (Å²) in [5.74, 6) is 1.94. The fourth-order valence-corrected chi connectivity index (χ4v) is 9.36. The molecule has 6 rings (SSSR count). The Labute approximate surface area is 275 Å². The minimum Gasteiger partial charge on any atom is -0.483 e. The minimum atomic E-state index is -0.359. The molecule has 2 heterocycles. The van der Waals surface area contributed by atoms with E-state index in [0.29, 0.717) is 42.8 Å². The molecule has 7 heteroatoms. The van der Waals surface area contributed by atoms with Crippen LogP contribution in [0.5, 0.6) is 11.5 Å². The highest BCUT2D eigenvalue weighted by molar-refractivity contribution is 5.78.